The average molecular weight is 315 g/mol. The standard InChI is InChI=1S/C16H26N2O2.ClH/c1-12(2)20-16-14(6-5-7-15(16)19-4)11-18-9-8-17-13(3)10-18;/h5-7,12-13,17H,8-11H2,1-4H3;1H. The Labute approximate surface area is 134 Å². The molecule has 4 nitrogen and oxygen atoms in total. The number of benzene rings is 1. The lowest BCUT2D eigenvalue weighted by Crippen LogP contribution is -2.48. The second kappa shape index (κ2) is 8.47. The van der Waals surface area contributed by atoms with E-state index in [1.54, 1.807) is 7.11 Å². The Hall–Kier alpha value is -0.970. The maximum Gasteiger partial charge on any atom is 0.166 e. The van der Waals surface area contributed by atoms with E-state index in [4.69, 9.17) is 9.47 Å². The quantitative estimate of drug-likeness (QED) is 0.906. The van der Waals surface area contributed by atoms with Crippen molar-refractivity contribution in [3.05, 3.63) is 23.8 Å². The van der Waals surface area contributed by atoms with E-state index in [-0.39, 0.29) is 18.5 Å². The van der Waals surface area contributed by atoms with Gasteiger partial charge in [-0.1, -0.05) is 12.1 Å². The molecule has 0 aromatic heterocycles. The molecular weight excluding hydrogens is 288 g/mol. The van der Waals surface area contributed by atoms with Crippen LogP contribution in [0.1, 0.15) is 26.3 Å². The van der Waals surface area contributed by atoms with Crippen molar-refractivity contribution in [3.8, 4) is 11.5 Å². The summed E-state index contributed by atoms with van der Waals surface area (Å²) >= 11 is 0. The molecule has 1 unspecified atom stereocenters. The highest BCUT2D eigenvalue weighted by atomic mass is 35.5. The lowest BCUT2D eigenvalue weighted by atomic mass is 10.1. The van der Waals surface area contributed by atoms with Gasteiger partial charge in [-0.3, -0.25) is 4.90 Å². The van der Waals surface area contributed by atoms with Crippen LogP contribution in [0.2, 0.25) is 0 Å². The van der Waals surface area contributed by atoms with Crippen molar-refractivity contribution < 1.29 is 9.47 Å². The number of ether oxygens (including phenoxy) is 2. The zero-order chi connectivity index (χ0) is 14.5. The van der Waals surface area contributed by atoms with Crippen LogP contribution in [0.4, 0.5) is 0 Å². The fourth-order valence-electron chi connectivity index (χ4n) is 2.61. The number of rotatable bonds is 5. The maximum atomic E-state index is 5.97. The molecule has 1 aromatic carbocycles. The minimum Gasteiger partial charge on any atom is -0.493 e. The second-order valence-electron chi connectivity index (χ2n) is 5.71. The van der Waals surface area contributed by atoms with Gasteiger partial charge >= 0.3 is 0 Å². The number of hydrogen-bond acceptors (Lipinski definition) is 4. The summed E-state index contributed by atoms with van der Waals surface area (Å²) in [5.74, 6) is 1.70. The van der Waals surface area contributed by atoms with Gasteiger partial charge in [0.1, 0.15) is 0 Å². The Kier molecular flexibility index (Phi) is 7.29. The molecule has 2 rings (SSSR count). The van der Waals surface area contributed by atoms with E-state index < -0.39 is 0 Å². The van der Waals surface area contributed by atoms with Crippen LogP contribution in [0, 0.1) is 0 Å². The van der Waals surface area contributed by atoms with Crippen LogP contribution in [0.15, 0.2) is 18.2 Å². The van der Waals surface area contributed by atoms with Crippen LogP contribution in [0.25, 0.3) is 0 Å². The molecule has 0 bridgehead atoms. The number of hydrogen-bond donors (Lipinski definition) is 1. The third-order valence-corrected chi connectivity index (χ3v) is 3.48. The molecule has 21 heavy (non-hydrogen) atoms. The van der Waals surface area contributed by atoms with Crippen LogP contribution < -0.4 is 14.8 Å². The number of piperazine rings is 1. The van der Waals surface area contributed by atoms with Crippen LogP contribution in [0.3, 0.4) is 0 Å². The van der Waals surface area contributed by atoms with Gasteiger partial charge in [-0.15, -0.1) is 12.4 Å². The van der Waals surface area contributed by atoms with Crippen LogP contribution in [-0.4, -0.2) is 43.8 Å². The van der Waals surface area contributed by atoms with Gasteiger partial charge in [0, 0.05) is 37.8 Å². The molecule has 5 heteroatoms. The summed E-state index contributed by atoms with van der Waals surface area (Å²) in [4.78, 5) is 2.46. The normalized spacial score (nSPS) is 19.2. The number of nitrogens with one attached hydrogen (secondary N) is 1. The third-order valence-electron chi connectivity index (χ3n) is 3.48. The first kappa shape index (κ1) is 18.1. The monoisotopic (exact) mass is 314 g/mol. The molecule has 0 amide bonds. The van der Waals surface area contributed by atoms with Crippen molar-refractivity contribution in [2.75, 3.05) is 26.7 Å². The highest BCUT2D eigenvalue weighted by Crippen LogP contribution is 2.32. The minimum atomic E-state index is 0. The fraction of sp³-hybridized carbons (Fsp3) is 0.625. The molecule has 1 atom stereocenters. The summed E-state index contributed by atoms with van der Waals surface area (Å²) < 4.78 is 11.4. The van der Waals surface area contributed by atoms with E-state index in [1.165, 1.54) is 5.56 Å². The van der Waals surface area contributed by atoms with Crippen molar-refractivity contribution in [2.45, 2.75) is 39.5 Å². The summed E-state index contributed by atoms with van der Waals surface area (Å²) in [7, 11) is 1.69. The molecule has 1 fully saturated rings. The van der Waals surface area contributed by atoms with Crippen LogP contribution in [-0.2, 0) is 6.54 Å². The van der Waals surface area contributed by atoms with Gasteiger partial charge < -0.3 is 14.8 Å². The van der Waals surface area contributed by atoms with Gasteiger partial charge in [-0.05, 0) is 26.8 Å². The Bertz CT molecular complexity index is 440. The van der Waals surface area contributed by atoms with Crippen molar-refractivity contribution in [3.63, 3.8) is 0 Å². The largest absolute Gasteiger partial charge is 0.493 e. The van der Waals surface area contributed by atoms with E-state index in [1.807, 2.05) is 26.0 Å². The lowest BCUT2D eigenvalue weighted by molar-refractivity contribution is 0.189. The average Bonchev–Trinajstić information content (AvgIpc) is 2.40. The number of para-hydroxylation sites is 1. The highest BCUT2D eigenvalue weighted by molar-refractivity contribution is 5.85. The first-order valence-electron chi connectivity index (χ1n) is 7.38. The SMILES string of the molecule is COc1cccc(CN2CCNC(C)C2)c1OC(C)C.Cl. The summed E-state index contributed by atoms with van der Waals surface area (Å²) in [6.45, 7) is 10.4. The van der Waals surface area contributed by atoms with E-state index >= 15 is 0 Å². The molecule has 0 spiro atoms. The van der Waals surface area contributed by atoms with Gasteiger partial charge in [0.15, 0.2) is 11.5 Å². The Morgan fingerprint density at radius 3 is 2.76 bits per heavy atom. The fourth-order valence-corrected chi connectivity index (χ4v) is 2.61. The smallest absolute Gasteiger partial charge is 0.166 e. The molecule has 1 saturated heterocycles. The first-order valence-corrected chi connectivity index (χ1v) is 7.38. The van der Waals surface area contributed by atoms with Crippen molar-refractivity contribution >= 4 is 12.4 Å². The molecule has 1 aliphatic heterocycles. The summed E-state index contributed by atoms with van der Waals surface area (Å²) in [6, 6.07) is 6.67. The van der Waals surface area contributed by atoms with Crippen molar-refractivity contribution in [1.29, 1.82) is 0 Å². The number of halogens is 1. The summed E-state index contributed by atoms with van der Waals surface area (Å²) in [5, 5.41) is 3.47. The lowest BCUT2D eigenvalue weighted by Gasteiger charge is -2.32. The predicted molar refractivity (Wildman–Crippen MR) is 88.7 cm³/mol. The predicted octanol–water partition coefficient (Wildman–Crippen LogP) is 2.70. The topological polar surface area (TPSA) is 33.7 Å². The summed E-state index contributed by atoms with van der Waals surface area (Å²) in [5.41, 5.74) is 1.20. The molecular formula is C16H27ClN2O2. The van der Waals surface area contributed by atoms with Gasteiger partial charge in [-0.25, -0.2) is 0 Å². The summed E-state index contributed by atoms with van der Waals surface area (Å²) in [6.07, 6.45) is 0.145. The molecule has 1 N–H and O–H groups in total. The van der Waals surface area contributed by atoms with Crippen molar-refractivity contribution in [2.24, 2.45) is 0 Å². The van der Waals surface area contributed by atoms with Gasteiger partial charge in [0.25, 0.3) is 0 Å². The van der Waals surface area contributed by atoms with Gasteiger partial charge in [-0.2, -0.15) is 0 Å². The zero-order valence-electron chi connectivity index (χ0n) is 13.4. The maximum absolute atomic E-state index is 5.97. The molecule has 1 heterocycles. The Balaban J connectivity index is 0.00000220. The second-order valence-corrected chi connectivity index (χ2v) is 5.71. The zero-order valence-corrected chi connectivity index (χ0v) is 14.2. The highest BCUT2D eigenvalue weighted by Gasteiger charge is 2.19. The van der Waals surface area contributed by atoms with Crippen LogP contribution in [0.5, 0.6) is 11.5 Å². The van der Waals surface area contributed by atoms with Crippen LogP contribution >= 0.6 is 12.4 Å². The molecule has 0 aliphatic carbocycles. The van der Waals surface area contributed by atoms with Gasteiger partial charge in [0.2, 0.25) is 0 Å². The minimum absolute atomic E-state index is 0. The number of nitrogens with zero attached hydrogens (tertiary/aromatic N) is 1. The Morgan fingerprint density at radius 1 is 1.38 bits per heavy atom. The van der Waals surface area contributed by atoms with Crippen molar-refractivity contribution in [1.82, 2.24) is 10.2 Å². The van der Waals surface area contributed by atoms with E-state index in [0.29, 0.717) is 6.04 Å². The molecule has 0 radical (unpaired) electrons. The molecule has 1 aromatic rings. The number of methoxy groups -OCH3 is 1. The van der Waals surface area contributed by atoms with E-state index in [9.17, 15) is 0 Å². The van der Waals surface area contributed by atoms with E-state index in [2.05, 4.69) is 23.2 Å². The van der Waals surface area contributed by atoms with E-state index in [0.717, 1.165) is 37.7 Å². The molecule has 120 valence electrons. The molecule has 0 saturated carbocycles. The first-order chi connectivity index (χ1) is 9.60. The molecule has 1 aliphatic rings. The Morgan fingerprint density at radius 2 is 2.14 bits per heavy atom. The van der Waals surface area contributed by atoms with Gasteiger partial charge in [0.05, 0.1) is 13.2 Å². The third kappa shape index (κ3) is 5.06.